The van der Waals surface area contributed by atoms with Crippen LogP contribution in [0.4, 0.5) is 0 Å². The van der Waals surface area contributed by atoms with E-state index in [4.69, 9.17) is 9.47 Å². The van der Waals surface area contributed by atoms with Crippen LogP contribution in [0.15, 0.2) is 36.1 Å². The normalized spacial score (nSPS) is 16.7. The molecule has 3 nitrogen and oxygen atoms in total. The zero-order valence-corrected chi connectivity index (χ0v) is 10.8. The van der Waals surface area contributed by atoms with E-state index >= 15 is 0 Å². The number of hydrogen-bond donors (Lipinski definition) is 1. The Morgan fingerprint density at radius 1 is 1.33 bits per heavy atom. The van der Waals surface area contributed by atoms with Gasteiger partial charge in [0.1, 0.15) is 17.6 Å². The maximum Gasteiger partial charge on any atom is 0.136 e. The van der Waals surface area contributed by atoms with E-state index in [1.807, 2.05) is 30.3 Å². The summed E-state index contributed by atoms with van der Waals surface area (Å²) in [6.07, 6.45) is 4.30. The SMILES string of the molecule is CCCOc1ccc(C(O)C2=CCCCO2)cc1. The second kappa shape index (κ2) is 6.45. The van der Waals surface area contributed by atoms with Gasteiger partial charge in [-0.25, -0.2) is 0 Å². The fraction of sp³-hybridized carbons (Fsp3) is 0.467. The minimum absolute atomic E-state index is 0.662. The average Bonchev–Trinajstić information content (AvgIpc) is 2.46. The number of hydrogen-bond acceptors (Lipinski definition) is 3. The van der Waals surface area contributed by atoms with Crippen molar-refractivity contribution in [3.63, 3.8) is 0 Å². The molecule has 0 aliphatic carbocycles. The van der Waals surface area contributed by atoms with Crippen molar-refractivity contribution in [2.75, 3.05) is 13.2 Å². The van der Waals surface area contributed by atoms with Crippen molar-refractivity contribution in [2.45, 2.75) is 32.3 Å². The first-order valence-corrected chi connectivity index (χ1v) is 6.55. The highest BCUT2D eigenvalue weighted by molar-refractivity contribution is 5.31. The molecule has 1 atom stereocenters. The molecule has 98 valence electrons. The van der Waals surface area contributed by atoms with Gasteiger partial charge in [0, 0.05) is 0 Å². The van der Waals surface area contributed by atoms with Crippen LogP contribution < -0.4 is 4.74 Å². The summed E-state index contributed by atoms with van der Waals surface area (Å²) in [5.41, 5.74) is 0.840. The predicted octanol–water partition coefficient (Wildman–Crippen LogP) is 3.20. The summed E-state index contributed by atoms with van der Waals surface area (Å²) in [6.45, 7) is 3.49. The quantitative estimate of drug-likeness (QED) is 0.869. The summed E-state index contributed by atoms with van der Waals surface area (Å²) in [5, 5.41) is 10.2. The average molecular weight is 248 g/mol. The lowest BCUT2D eigenvalue weighted by molar-refractivity contribution is 0.0917. The van der Waals surface area contributed by atoms with Gasteiger partial charge in [0.25, 0.3) is 0 Å². The van der Waals surface area contributed by atoms with E-state index in [9.17, 15) is 5.11 Å². The standard InChI is InChI=1S/C15H20O3/c1-2-10-17-13-8-6-12(7-9-13)15(16)14-5-3-4-11-18-14/h5-9,15-16H,2-4,10-11H2,1H3. The van der Waals surface area contributed by atoms with Gasteiger partial charge in [-0.2, -0.15) is 0 Å². The highest BCUT2D eigenvalue weighted by atomic mass is 16.5. The molecule has 0 spiro atoms. The summed E-state index contributed by atoms with van der Waals surface area (Å²) in [5.74, 6) is 1.51. The van der Waals surface area contributed by atoms with Crippen LogP contribution in [0, 0.1) is 0 Å². The molecular weight excluding hydrogens is 228 g/mol. The molecule has 0 aromatic heterocycles. The third-order valence-corrected chi connectivity index (χ3v) is 2.90. The summed E-state index contributed by atoms with van der Waals surface area (Å²) < 4.78 is 11.0. The highest BCUT2D eigenvalue weighted by Crippen LogP contribution is 2.27. The Morgan fingerprint density at radius 2 is 2.11 bits per heavy atom. The van der Waals surface area contributed by atoms with Crippen LogP contribution in [0.3, 0.4) is 0 Å². The zero-order valence-electron chi connectivity index (χ0n) is 10.8. The minimum atomic E-state index is -0.662. The lowest BCUT2D eigenvalue weighted by atomic mass is 10.1. The largest absolute Gasteiger partial charge is 0.495 e. The maximum atomic E-state index is 10.2. The van der Waals surface area contributed by atoms with Crippen LogP contribution in [0.2, 0.25) is 0 Å². The number of aliphatic hydroxyl groups excluding tert-OH is 1. The van der Waals surface area contributed by atoms with E-state index in [1.54, 1.807) is 0 Å². The Kier molecular flexibility index (Phi) is 4.65. The molecule has 1 N–H and O–H groups in total. The van der Waals surface area contributed by atoms with Crippen LogP contribution in [0.5, 0.6) is 5.75 Å². The van der Waals surface area contributed by atoms with Crippen LogP contribution in [0.1, 0.15) is 37.9 Å². The van der Waals surface area contributed by atoms with Crippen molar-refractivity contribution >= 4 is 0 Å². The number of aliphatic hydroxyl groups is 1. The maximum absolute atomic E-state index is 10.2. The van der Waals surface area contributed by atoms with Gasteiger partial charge in [-0.1, -0.05) is 19.1 Å². The van der Waals surface area contributed by atoms with Gasteiger partial charge in [0.05, 0.1) is 13.2 Å². The minimum Gasteiger partial charge on any atom is -0.495 e. The first-order chi connectivity index (χ1) is 8.81. The molecule has 0 amide bonds. The van der Waals surface area contributed by atoms with Gasteiger partial charge in [0.2, 0.25) is 0 Å². The predicted molar refractivity (Wildman–Crippen MR) is 70.5 cm³/mol. The van der Waals surface area contributed by atoms with Crippen molar-refractivity contribution < 1.29 is 14.6 Å². The lowest BCUT2D eigenvalue weighted by Crippen LogP contribution is -2.09. The van der Waals surface area contributed by atoms with Crippen molar-refractivity contribution in [2.24, 2.45) is 0 Å². The number of rotatable bonds is 5. The van der Waals surface area contributed by atoms with Crippen molar-refractivity contribution in [1.29, 1.82) is 0 Å². The van der Waals surface area contributed by atoms with Gasteiger partial charge in [0.15, 0.2) is 0 Å². The van der Waals surface area contributed by atoms with Crippen LogP contribution >= 0.6 is 0 Å². The van der Waals surface area contributed by atoms with Gasteiger partial charge < -0.3 is 14.6 Å². The van der Waals surface area contributed by atoms with Gasteiger partial charge >= 0.3 is 0 Å². The Labute approximate surface area is 108 Å². The van der Waals surface area contributed by atoms with Crippen LogP contribution in [0.25, 0.3) is 0 Å². The summed E-state index contributed by atoms with van der Waals surface area (Å²) in [7, 11) is 0. The number of ether oxygens (including phenoxy) is 2. The van der Waals surface area contributed by atoms with Gasteiger partial charge in [-0.15, -0.1) is 0 Å². The Bertz CT molecular complexity index is 395. The van der Waals surface area contributed by atoms with E-state index < -0.39 is 6.10 Å². The van der Waals surface area contributed by atoms with E-state index in [0.717, 1.165) is 37.2 Å². The summed E-state index contributed by atoms with van der Waals surface area (Å²) >= 11 is 0. The van der Waals surface area contributed by atoms with E-state index in [0.29, 0.717) is 12.4 Å². The molecule has 1 aliphatic rings. The molecule has 1 unspecified atom stereocenters. The highest BCUT2D eigenvalue weighted by Gasteiger charge is 2.16. The molecule has 18 heavy (non-hydrogen) atoms. The summed E-state index contributed by atoms with van der Waals surface area (Å²) in [6, 6.07) is 7.54. The molecule has 0 saturated carbocycles. The molecule has 1 aromatic rings. The molecule has 0 fully saturated rings. The zero-order chi connectivity index (χ0) is 12.8. The first-order valence-electron chi connectivity index (χ1n) is 6.55. The topological polar surface area (TPSA) is 38.7 Å². The van der Waals surface area contributed by atoms with Crippen LogP contribution in [-0.2, 0) is 4.74 Å². The first kappa shape index (κ1) is 13.0. The Morgan fingerprint density at radius 3 is 2.72 bits per heavy atom. The second-order valence-corrected chi connectivity index (χ2v) is 4.42. The van der Waals surface area contributed by atoms with Crippen LogP contribution in [-0.4, -0.2) is 18.3 Å². The fourth-order valence-corrected chi connectivity index (χ4v) is 1.90. The monoisotopic (exact) mass is 248 g/mol. The van der Waals surface area contributed by atoms with E-state index in [1.165, 1.54) is 0 Å². The molecular formula is C15H20O3. The smallest absolute Gasteiger partial charge is 0.136 e. The molecule has 0 saturated heterocycles. The van der Waals surface area contributed by atoms with E-state index in [2.05, 4.69) is 6.92 Å². The molecule has 0 bridgehead atoms. The molecule has 3 heteroatoms. The Balaban J connectivity index is 2.02. The third-order valence-electron chi connectivity index (χ3n) is 2.90. The fourth-order valence-electron chi connectivity index (χ4n) is 1.90. The van der Waals surface area contributed by atoms with Crippen molar-refractivity contribution in [3.8, 4) is 5.75 Å². The van der Waals surface area contributed by atoms with Crippen molar-refractivity contribution in [1.82, 2.24) is 0 Å². The molecule has 2 rings (SSSR count). The third kappa shape index (κ3) is 3.26. The number of allylic oxidation sites excluding steroid dienone is 1. The Hall–Kier alpha value is -1.48. The second-order valence-electron chi connectivity index (χ2n) is 4.42. The molecule has 1 aromatic carbocycles. The van der Waals surface area contributed by atoms with Crippen molar-refractivity contribution in [3.05, 3.63) is 41.7 Å². The molecule has 0 radical (unpaired) electrons. The summed E-state index contributed by atoms with van der Waals surface area (Å²) in [4.78, 5) is 0. The van der Waals surface area contributed by atoms with E-state index in [-0.39, 0.29) is 0 Å². The number of benzene rings is 1. The molecule has 1 aliphatic heterocycles. The molecule has 1 heterocycles. The lowest BCUT2D eigenvalue weighted by Gasteiger charge is -2.20. The van der Waals surface area contributed by atoms with Gasteiger partial charge in [-0.3, -0.25) is 0 Å². The van der Waals surface area contributed by atoms with Gasteiger partial charge in [-0.05, 0) is 43.0 Å².